The number of ether oxygens (including phenoxy) is 1. The number of amides is 2. The van der Waals surface area contributed by atoms with Gasteiger partial charge >= 0.3 is 18.2 Å². The van der Waals surface area contributed by atoms with Gasteiger partial charge in [0.1, 0.15) is 5.75 Å². The van der Waals surface area contributed by atoms with Crippen LogP contribution in [0, 0.1) is 11.3 Å². The summed E-state index contributed by atoms with van der Waals surface area (Å²) in [6.45, 7) is 0.0966. The molecule has 0 bridgehead atoms. The Kier molecular flexibility index (Phi) is 4.96. The van der Waals surface area contributed by atoms with Crippen molar-refractivity contribution in [2.75, 3.05) is 20.2 Å². The number of hydrogen-bond donors (Lipinski definition) is 2. The first kappa shape index (κ1) is 19.3. The molecular formula is C18H21F3N2O4. The summed E-state index contributed by atoms with van der Waals surface area (Å²) in [5, 5.41) is 12.1. The number of aliphatic carboxylic acids is 1. The van der Waals surface area contributed by atoms with Gasteiger partial charge < -0.3 is 20.1 Å². The third-order valence-electron chi connectivity index (χ3n) is 5.64. The molecule has 6 nitrogen and oxygen atoms in total. The quantitative estimate of drug-likeness (QED) is 0.834. The van der Waals surface area contributed by atoms with Crippen LogP contribution in [0.4, 0.5) is 18.0 Å². The van der Waals surface area contributed by atoms with Crippen LogP contribution in [-0.4, -0.2) is 42.2 Å². The third-order valence-corrected chi connectivity index (χ3v) is 5.64. The van der Waals surface area contributed by atoms with Gasteiger partial charge in [-0.15, -0.1) is 0 Å². The average molecular weight is 386 g/mol. The molecule has 148 valence electrons. The Hall–Kier alpha value is -2.45. The van der Waals surface area contributed by atoms with E-state index >= 15 is 0 Å². The van der Waals surface area contributed by atoms with Crippen LogP contribution < -0.4 is 10.1 Å². The average Bonchev–Trinajstić information content (AvgIpc) is 3.17. The van der Waals surface area contributed by atoms with Crippen LogP contribution in [-0.2, 0) is 17.5 Å². The summed E-state index contributed by atoms with van der Waals surface area (Å²) in [5.74, 6) is -0.935. The fourth-order valence-corrected chi connectivity index (χ4v) is 4.18. The second-order valence-electron chi connectivity index (χ2n) is 7.11. The summed E-state index contributed by atoms with van der Waals surface area (Å²) in [6.07, 6.45) is -2.50. The molecule has 2 atom stereocenters. The van der Waals surface area contributed by atoms with Gasteiger partial charge in [-0.3, -0.25) is 4.79 Å². The van der Waals surface area contributed by atoms with Crippen molar-refractivity contribution in [3.05, 3.63) is 29.3 Å². The summed E-state index contributed by atoms with van der Waals surface area (Å²) in [6, 6.07) is 3.01. The molecule has 2 fully saturated rings. The zero-order chi connectivity index (χ0) is 19.8. The minimum absolute atomic E-state index is 0.0770. The number of fused-ring (bicyclic) bond motifs is 1. The highest BCUT2D eigenvalue weighted by Gasteiger charge is 2.55. The molecule has 2 N–H and O–H groups in total. The number of carboxylic acid groups (broad SMARTS) is 1. The van der Waals surface area contributed by atoms with Crippen LogP contribution in [0.15, 0.2) is 18.2 Å². The Morgan fingerprint density at radius 2 is 2.15 bits per heavy atom. The van der Waals surface area contributed by atoms with Gasteiger partial charge in [-0.2, -0.15) is 13.2 Å². The number of nitrogens with zero attached hydrogens (tertiary/aromatic N) is 1. The van der Waals surface area contributed by atoms with Crippen molar-refractivity contribution >= 4 is 12.0 Å². The minimum Gasteiger partial charge on any atom is -0.497 e. The standard InChI is InChI=1S/C18H21F3N2O4/c1-27-13-5-4-11(14(7-13)18(19,20)21)8-22-16(26)23-9-12-3-2-6-17(12,10-23)15(24)25/h4-5,7,12H,2-3,6,8-10H2,1H3,(H,22,26)(H,24,25)/t12-,17+/m0/s1. The van der Waals surface area contributed by atoms with Crippen molar-refractivity contribution in [1.29, 1.82) is 0 Å². The first-order valence-electron chi connectivity index (χ1n) is 8.67. The van der Waals surface area contributed by atoms with Crippen molar-refractivity contribution in [3.8, 4) is 5.75 Å². The van der Waals surface area contributed by atoms with Crippen LogP contribution in [0.5, 0.6) is 5.75 Å². The van der Waals surface area contributed by atoms with Crippen LogP contribution >= 0.6 is 0 Å². The number of likely N-dealkylation sites (tertiary alicyclic amines) is 1. The number of rotatable bonds is 4. The van der Waals surface area contributed by atoms with E-state index in [4.69, 9.17) is 4.74 Å². The number of carbonyl (C=O) groups is 2. The number of halogens is 3. The van der Waals surface area contributed by atoms with Gasteiger partial charge in [0.15, 0.2) is 0 Å². The Morgan fingerprint density at radius 3 is 2.74 bits per heavy atom. The maximum atomic E-state index is 13.2. The highest BCUT2D eigenvalue weighted by atomic mass is 19.4. The number of methoxy groups -OCH3 is 1. The van der Waals surface area contributed by atoms with Gasteiger partial charge in [0.2, 0.25) is 0 Å². The number of carbonyl (C=O) groups excluding carboxylic acids is 1. The second-order valence-corrected chi connectivity index (χ2v) is 7.11. The molecule has 0 aromatic heterocycles. The van der Waals surface area contributed by atoms with Crippen molar-refractivity contribution in [1.82, 2.24) is 10.2 Å². The smallest absolute Gasteiger partial charge is 0.416 e. The molecule has 1 aromatic carbocycles. The van der Waals surface area contributed by atoms with Crippen molar-refractivity contribution in [2.24, 2.45) is 11.3 Å². The lowest BCUT2D eigenvalue weighted by Gasteiger charge is -2.23. The molecule has 1 aromatic rings. The van der Waals surface area contributed by atoms with Gasteiger partial charge in [0.25, 0.3) is 0 Å². The Balaban J connectivity index is 1.69. The van der Waals surface area contributed by atoms with Crippen LogP contribution in [0.25, 0.3) is 0 Å². The molecule has 2 aliphatic rings. The predicted octanol–water partition coefficient (Wildman–Crippen LogP) is 3.11. The molecule has 1 saturated carbocycles. The molecule has 1 aliphatic carbocycles. The normalized spacial score (nSPS) is 24.6. The third kappa shape index (κ3) is 3.54. The van der Waals surface area contributed by atoms with E-state index in [0.29, 0.717) is 13.0 Å². The SMILES string of the molecule is COc1ccc(CNC(=O)N2C[C@@H]3CCC[C@@]3(C(=O)O)C2)c(C(F)(F)F)c1. The van der Waals surface area contributed by atoms with Crippen molar-refractivity contribution < 1.29 is 32.6 Å². The zero-order valence-electron chi connectivity index (χ0n) is 14.8. The van der Waals surface area contributed by atoms with Gasteiger partial charge in [-0.1, -0.05) is 12.5 Å². The predicted molar refractivity (Wildman–Crippen MR) is 89.2 cm³/mol. The molecule has 0 unspecified atom stereocenters. The van der Waals surface area contributed by atoms with Crippen molar-refractivity contribution in [2.45, 2.75) is 32.0 Å². The maximum absolute atomic E-state index is 13.2. The summed E-state index contributed by atoms with van der Waals surface area (Å²) in [7, 11) is 1.28. The van der Waals surface area contributed by atoms with E-state index in [9.17, 15) is 27.9 Å². The van der Waals surface area contributed by atoms with Gasteiger partial charge in [-0.25, -0.2) is 4.79 Å². The van der Waals surface area contributed by atoms with E-state index in [-0.39, 0.29) is 30.3 Å². The lowest BCUT2D eigenvalue weighted by molar-refractivity contribution is -0.149. The second kappa shape index (κ2) is 6.94. The summed E-state index contributed by atoms with van der Waals surface area (Å²) >= 11 is 0. The summed E-state index contributed by atoms with van der Waals surface area (Å²) in [5.41, 5.74) is -1.87. The molecule has 27 heavy (non-hydrogen) atoms. The molecule has 0 radical (unpaired) electrons. The number of carboxylic acids is 1. The lowest BCUT2D eigenvalue weighted by atomic mass is 9.81. The Bertz CT molecular complexity index is 753. The first-order valence-corrected chi connectivity index (χ1v) is 8.67. The largest absolute Gasteiger partial charge is 0.497 e. The van der Waals surface area contributed by atoms with Gasteiger partial charge in [-0.05, 0) is 36.5 Å². The van der Waals surface area contributed by atoms with E-state index < -0.39 is 29.2 Å². The summed E-state index contributed by atoms with van der Waals surface area (Å²) in [4.78, 5) is 25.5. The molecule has 1 saturated heterocycles. The number of urea groups is 1. The first-order chi connectivity index (χ1) is 12.7. The van der Waals surface area contributed by atoms with Crippen LogP contribution in [0.2, 0.25) is 0 Å². The molecule has 0 spiro atoms. The monoisotopic (exact) mass is 386 g/mol. The van der Waals surface area contributed by atoms with E-state index in [1.807, 2.05) is 0 Å². The molecule has 3 rings (SSSR count). The zero-order valence-corrected chi connectivity index (χ0v) is 14.8. The molecule has 1 aliphatic heterocycles. The van der Waals surface area contributed by atoms with Crippen LogP contribution in [0.3, 0.4) is 0 Å². The fourth-order valence-electron chi connectivity index (χ4n) is 4.18. The fraction of sp³-hybridized carbons (Fsp3) is 0.556. The van der Waals surface area contributed by atoms with E-state index in [1.54, 1.807) is 0 Å². The van der Waals surface area contributed by atoms with E-state index in [2.05, 4.69) is 5.32 Å². The highest BCUT2D eigenvalue weighted by Crippen LogP contribution is 2.48. The lowest BCUT2D eigenvalue weighted by Crippen LogP contribution is -2.41. The Morgan fingerprint density at radius 1 is 1.41 bits per heavy atom. The number of nitrogens with one attached hydrogen (secondary N) is 1. The summed E-state index contributed by atoms with van der Waals surface area (Å²) < 4.78 is 44.6. The van der Waals surface area contributed by atoms with Gasteiger partial charge in [0, 0.05) is 19.6 Å². The molecule has 1 heterocycles. The van der Waals surface area contributed by atoms with Crippen molar-refractivity contribution in [3.63, 3.8) is 0 Å². The topological polar surface area (TPSA) is 78.9 Å². The molecule has 2 amide bonds. The number of alkyl halides is 3. The number of hydrogen-bond acceptors (Lipinski definition) is 3. The van der Waals surface area contributed by atoms with Gasteiger partial charge in [0.05, 0.1) is 18.1 Å². The van der Waals surface area contributed by atoms with E-state index in [0.717, 1.165) is 18.9 Å². The number of benzene rings is 1. The minimum atomic E-state index is -4.58. The highest BCUT2D eigenvalue weighted by molar-refractivity contribution is 5.80. The molecular weight excluding hydrogens is 365 g/mol. The molecule has 9 heteroatoms. The maximum Gasteiger partial charge on any atom is 0.416 e. The van der Waals surface area contributed by atoms with E-state index in [1.165, 1.54) is 24.1 Å². The van der Waals surface area contributed by atoms with Crippen LogP contribution in [0.1, 0.15) is 30.4 Å². The Labute approximate surface area is 154 Å².